The Bertz CT molecular complexity index is 775. The maximum absolute atomic E-state index is 7.58. The summed E-state index contributed by atoms with van der Waals surface area (Å²) in [4.78, 5) is 0. The van der Waals surface area contributed by atoms with Gasteiger partial charge in [0.15, 0.2) is 0 Å². The van der Waals surface area contributed by atoms with Crippen molar-refractivity contribution in [2.24, 2.45) is 0 Å². The van der Waals surface area contributed by atoms with Crippen molar-refractivity contribution in [1.82, 2.24) is 0 Å². The summed E-state index contributed by atoms with van der Waals surface area (Å²) in [6.45, 7) is 0. The zero-order valence-corrected chi connectivity index (χ0v) is 18.4. The molecule has 2 aliphatic rings. The zero-order chi connectivity index (χ0) is 16.1. The van der Waals surface area contributed by atoms with E-state index in [0.29, 0.717) is 0 Å². The van der Waals surface area contributed by atoms with Gasteiger partial charge in [0.1, 0.15) is 0 Å². The van der Waals surface area contributed by atoms with Crippen molar-refractivity contribution in [2.45, 2.75) is 13.0 Å². The maximum atomic E-state index is 7.58. The van der Waals surface area contributed by atoms with Crippen LogP contribution in [0.4, 0.5) is 0 Å². The van der Waals surface area contributed by atoms with Crippen LogP contribution in [0.2, 0.25) is 5.79 Å². The Balaban J connectivity index is 1.88. The fourth-order valence-corrected chi connectivity index (χ4v) is 28.0. The molecule has 0 fully saturated rings. The average Bonchev–Trinajstić information content (AvgIpc) is 3.20. The van der Waals surface area contributed by atoms with Gasteiger partial charge in [-0.2, -0.15) is 0 Å². The van der Waals surface area contributed by atoms with Crippen LogP contribution < -0.4 is 0 Å². The standard InChI is InChI=1S/2C9H7.CH3.Al.2ClH.Zr.H/c2*1-2-5-9-7-3-6-8(9)4-1;;;;;;/h2*1-7H;1H3;;2*1H;;/q;;;;;;+2;/p-2. The van der Waals surface area contributed by atoms with Gasteiger partial charge in [-0.3, -0.25) is 0 Å². The van der Waals surface area contributed by atoms with Gasteiger partial charge >= 0.3 is 151 Å². The van der Waals surface area contributed by atoms with Crippen LogP contribution in [-0.4, -0.2) is 11.5 Å². The van der Waals surface area contributed by atoms with Gasteiger partial charge in [-0.1, -0.05) is 0 Å². The fraction of sp³-hybridized carbons (Fsp3) is 0.158. The second-order valence-electron chi connectivity index (χ2n) is 6.64. The molecular formula is C19H18AlCl2Zr. The van der Waals surface area contributed by atoms with E-state index in [1.54, 1.807) is 0 Å². The van der Waals surface area contributed by atoms with Gasteiger partial charge in [0.25, 0.3) is 0 Å². The molecule has 2 atom stereocenters. The third-order valence-corrected chi connectivity index (χ3v) is 45.8. The van der Waals surface area contributed by atoms with Crippen molar-refractivity contribution in [3.05, 3.63) is 82.9 Å². The van der Waals surface area contributed by atoms with Gasteiger partial charge in [0, 0.05) is 0 Å². The summed E-state index contributed by atoms with van der Waals surface area (Å²) in [7, 11) is 15.2. The van der Waals surface area contributed by atoms with E-state index in [0.717, 1.165) is 0 Å². The predicted molar refractivity (Wildman–Crippen MR) is 101 cm³/mol. The Labute approximate surface area is 149 Å². The van der Waals surface area contributed by atoms with Crippen molar-refractivity contribution < 1.29 is 13.9 Å². The van der Waals surface area contributed by atoms with Gasteiger partial charge in [-0.05, 0) is 0 Å². The number of hydrogen-bond acceptors (Lipinski definition) is 0. The molecular weight excluding hydrogens is 417 g/mol. The molecule has 0 saturated carbocycles. The van der Waals surface area contributed by atoms with Crippen LogP contribution in [0.1, 0.15) is 29.5 Å². The Hall–Kier alpha value is -0.0844. The van der Waals surface area contributed by atoms with E-state index in [1.165, 1.54) is 22.3 Å². The molecule has 0 saturated heterocycles. The molecule has 0 bridgehead atoms. The van der Waals surface area contributed by atoms with Gasteiger partial charge in [0.2, 0.25) is 0 Å². The molecule has 4 rings (SSSR count). The first kappa shape index (κ1) is 16.4. The number of fused-ring (bicyclic) bond motifs is 2. The zero-order valence-electron chi connectivity index (χ0n) is 13.0. The van der Waals surface area contributed by atoms with Gasteiger partial charge in [-0.25, -0.2) is 0 Å². The van der Waals surface area contributed by atoms with Gasteiger partial charge < -0.3 is 0 Å². The molecule has 2 aliphatic carbocycles. The van der Waals surface area contributed by atoms with Crippen molar-refractivity contribution in [3.63, 3.8) is 0 Å². The van der Waals surface area contributed by atoms with Crippen LogP contribution in [0, 0.1) is 0 Å². The molecule has 2 aromatic rings. The van der Waals surface area contributed by atoms with E-state index in [4.69, 9.17) is 17.0 Å². The molecule has 0 amide bonds. The quantitative estimate of drug-likeness (QED) is 0.525. The number of rotatable bonds is 3. The van der Waals surface area contributed by atoms with Crippen LogP contribution in [0.3, 0.4) is 0 Å². The summed E-state index contributed by atoms with van der Waals surface area (Å²) in [5, 5.41) is 0. The molecule has 0 radical (unpaired) electrons. The summed E-state index contributed by atoms with van der Waals surface area (Å²) in [6, 6.07) is 17.2. The summed E-state index contributed by atoms with van der Waals surface area (Å²) in [5.74, 6) is 2.31. The first-order valence-electron chi connectivity index (χ1n) is 8.16. The normalized spacial score (nSPS) is 23.2. The van der Waals surface area contributed by atoms with E-state index in [2.05, 4.69) is 78.6 Å². The summed E-state index contributed by atoms with van der Waals surface area (Å²) in [6.07, 6.45) is 9.02. The minimum absolute atomic E-state index is 0.244. The fourth-order valence-electron chi connectivity index (χ4n) is 4.16. The van der Waals surface area contributed by atoms with E-state index < -0.39 is 25.4 Å². The number of hydrogen-bond donors (Lipinski definition) is 0. The van der Waals surface area contributed by atoms with Crippen molar-refractivity contribution >= 4 is 40.6 Å². The van der Waals surface area contributed by atoms with Gasteiger partial charge in [0.05, 0.1) is 0 Å². The Morgan fingerprint density at radius 2 is 1.22 bits per heavy atom. The number of halogens is 2. The van der Waals surface area contributed by atoms with Crippen LogP contribution in [0.25, 0.3) is 12.2 Å². The predicted octanol–water partition coefficient (Wildman–Crippen LogP) is 5.92. The number of benzene rings is 2. The molecule has 0 nitrogen and oxygen atoms in total. The summed E-state index contributed by atoms with van der Waals surface area (Å²) >= 11 is -4.59. The van der Waals surface area contributed by atoms with Crippen LogP contribution in [0.5, 0.6) is 0 Å². The Morgan fingerprint density at radius 1 is 0.783 bits per heavy atom. The van der Waals surface area contributed by atoms with Crippen LogP contribution in [0.15, 0.2) is 60.7 Å². The first-order chi connectivity index (χ1) is 11.0. The molecule has 115 valence electrons. The van der Waals surface area contributed by atoms with E-state index in [-0.39, 0.29) is 7.25 Å². The van der Waals surface area contributed by atoms with Crippen LogP contribution in [-0.2, 0) is 13.9 Å². The molecule has 0 aromatic heterocycles. The second-order valence-corrected chi connectivity index (χ2v) is 48.3. The Morgan fingerprint density at radius 3 is 1.65 bits per heavy atom. The molecule has 0 aliphatic heterocycles. The molecule has 23 heavy (non-hydrogen) atoms. The van der Waals surface area contributed by atoms with E-state index in [9.17, 15) is 0 Å². The third kappa shape index (κ3) is 2.42. The van der Waals surface area contributed by atoms with E-state index >= 15 is 0 Å². The monoisotopic (exact) mass is 433 g/mol. The van der Waals surface area contributed by atoms with Crippen LogP contribution >= 0.6 is 17.0 Å². The molecule has 0 spiro atoms. The van der Waals surface area contributed by atoms with Gasteiger partial charge in [-0.15, -0.1) is 0 Å². The van der Waals surface area contributed by atoms with Crippen molar-refractivity contribution in [1.29, 1.82) is 0 Å². The Kier molecular flexibility index (Phi) is 4.08. The minimum atomic E-state index is -4.02. The average molecular weight is 435 g/mol. The molecule has 2 unspecified atom stereocenters. The van der Waals surface area contributed by atoms with Crippen molar-refractivity contribution in [2.75, 3.05) is 0 Å². The first-order valence-corrected chi connectivity index (χ1v) is 24.7. The molecule has 0 heterocycles. The number of allylic oxidation sites excluding steroid dienone is 2. The molecule has 0 N–H and O–H groups in total. The summed E-state index contributed by atoms with van der Waals surface area (Å²) < 4.78 is 0.488. The molecule has 2 aromatic carbocycles. The topological polar surface area (TPSA) is 0 Å². The summed E-state index contributed by atoms with van der Waals surface area (Å²) in [5.41, 5.74) is 5.26. The third-order valence-electron chi connectivity index (χ3n) is 5.54. The SMILES string of the molecule is [CH3][AlH][Zr]([Cl])([Cl])([CH]1C=Cc2ccccc21)[CH]1C=Cc2ccccc21. The second kappa shape index (κ2) is 5.73. The van der Waals surface area contributed by atoms with E-state index in [1.807, 2.05) is 0 Å². The van der Waals surface area contributed by atoms with Crippen molar-refractivity contribution in [3.8, 4) is 0 Å². The molecule has 4 heteroatoms.